The molecule has 1 aromatic carbocycles. The van der Waals surface area contributed by atoms with Crippen molar-refractivity contribution in [2.24, 2.45) is 5.73 Å². The van der Waals surface area contributed by atoms with Crippen molar-refractivity contribution < 1.29 is 17.9 Å². The fourth-order valence-corrected chi connectivity index (χ4v) is 1.58. The third-order valence-electron chi connectivity index (χ3n) is 2.38. The Hall–Kier alpha value is -0.940. The molecule has 0 bridgehead atoms. The Morgan fingerprint density at radius 3 is 2.31 bits per heavy atom. The second-order valence-electron chi connectivity index (χ2n) is 3.59. The molecule has 1 saturated carbocycles. The molecule has 0 amide bonds. The Morgan fingerprint density at radius 2 is 1.81 bits per heavy atom. The lowest BCUT2D eigenvalue weighted by molar-refractivity contribution is -0.274. The van der Waals surface area contributed by atoms with Crippen LogP contribution in [0.15, 0.2) is 24.3 Å². The van der Waals surface area contributed by atoms with Gasteiger partial charge in [-0.3, -0.25) is 0 Å². The number of benzene rings is 1. The lowest BCUT2D eigenvalue weighted by Gasteiger charge is -2.12. The van der Waals surface area contributed by atoms with Gasteiger partial charge in [0.2, 0.25) is 0 Å². The second kappa shape index (κ2) is 4.51. The molecule has 2 rings (SSSR count). The van der Waals surface area contributed by atoms with Gasteiger partial charge in [0.15, 0.2) is 0 Å². The van der Waals surface area contributed by atoms with Gasteiger partial charge in [-0.05, 0) is 18.1 Å². The second-order valence-corrected chi connectivity index (χ2v) is 3.59. The first-order chi connectivity index (χ1) is 6.97. The summed E-state index contributed by atoms with van der Waals surface area (Å²) in [4.78, 5) is 0. The first kappa shape index (κ1) is 13.1. The van der Waals surface area contributed by atoms with Gasteiger partial charge in [-0.15, -0.1) is 25.6 Å². The van der Waals surface area contributed by atoms with Crippen molar-refractivity contribution in [1.29, 1.82) is 0 Å². The smallest absolute Gasteiger partial charge is 0.405 e. The highest BCUT2D eigenvalue weighted by Gasteiger charge is 2.39. The van der Waals surface area contributed by atoms with E-state index in [-0.39, 0.29) is 30.1 Å². The number of hydrogen-bond acceptors (Lipinski definition) is 2. The Kier molecular flexibility index (Phi) is 3.70. The third-order valence-corrected chi connectivity index (χ3v) is 2.38. The van der Waals surface area contributed by atoms with Crippen molar-refractivity contribution in [3.8, 4) is 5.75 Å². The van der Waals surface area contributed by atoms with Crippen LogP contribution in [0.1, 0.15) is 17.9 Å². The topological polar surface area (TPSA) is 35.2 Å². The van der Waals surface area contributed by atoms with Gasteiger partial charge in [0.1, 0.15) is 5.75 Å². The van der Waals surface area contributed by atoms with Crippen molar-refractivity contribution in [1.82, 2.24) is 0 Å². The standard InChI is InChI=1S/C10H10F3NO.ClH/c11-10(12,13)15-9-4-2-1-3-6(9)7-5-8(7)14;/h1-4,7-8H,5,14H2;1H/t7-,8+;/m1./s1. The van der Waals surface area contributed by atoms with E-state index in [0.29, 0.717) is 5.56 Å². The summed E-state index contributed by atoms with van der Waals surface area (Å²) >= 11 is 0. The van der Waals surface area contributed by atoms with Crippen LogP contribution in [0.3, 0.4) is 0 Å². The summed E-state index contributed by atoms with van der Waals surface area (Å²) in [7, 11) is 0. The van der Waals surface area contributed by atoms with Crippen LogP contribution in [0.5, 0.6) is 5.75 Å². The Bertz CT molecular complexity index is 369. The van der Waals surface area contributed by atoms with E-state index in [4.69, 9.17) is 5.73 Å². The van der Waals surface area contributed by atoms with Crippen molar-refractivity contribution in [3.63, 3.8) is 0 Å². The summed E-state index contributed by atoms with van der Waals surface area (Å²) in [5.74, 6) is -0.133. The molecule has 0 saturated heterocycles. The SMILES string of the molecule is Cl.N[C@H]1C[C@@H]1c1ccccc1OC(F)(F)F. The van der Waals surface area contributed by atoms with Crippen LogP contribution >= 0.6 is 12.4 Å². The highest BCUT2D eigenvalue weighted by Crippen LogP contribution is 2.44. The van der Waals surface area contributed by atoms with E-state index < -0.39 is 6.36 Å². The van der Waals surface area contributed by atoms with Gasteiger partial charge in [0.25, 0.3) is 0 Å². The quantitative estimate of drug-likeness (QED) is 0.880. The van der Waals surface area contributed by atoms with E-state index in [0.717, 1.165) is 6.42 Å². The number of hydrogen-bond donors (Lipinski definition) is 1. The first-order valence-corrected chi connectivity index (χ1v) is 4.57. The molecule has 0 aromatic heterocycles. The molecule has 1 aromatic rings. The fourth-order valence-electron chi connectivity index (χ4n) is 1.58. The molecule has 16 heavy (non-hydrogen) atoms. The van der Waals surface area contributed by atoms with E-state index >= 15 is 0 Å². The zero-order chi connectivity index (χ0) is 11.1. The van der Waals surface area contributed by atoms with Crippen molar-refractivity contribution >= 4 is 12.4 Å². The van der Waals surface area contributed by atoms with Crippen molar-refractivity contribution in [3.05, 3.63) is 29.8 Å². The van der Waals surface area contributed by atoms with Crippen LogP contribution in [0.2, 0.25) is 0 Å². The average molecular weight is 254 g/mol. The van der Waals surface area contributed by atoms with E-state index in [1.54, 1.807) is 12.1 Å². The minimum absolute atomic E-state index is 0. The maximum absolute atomic E-state index is 12.0. The molecule has 0 radical (unpaired) electrons. The highest BCUT2D eigenvalue weighted by atomic mass is 35.5. The molecule has 1 fully saturated rings. The zero-order valence-electron chi connectivity index (χ0n) is 8.20. The van der Waals surface area contributed by atoms with Gasteiger partial charge < -0.3 is 10.5 Å². The number of alkyl halides is 3. The predicted molar refractivity (Wildman–Crippen MR) is 55.7 cm³/mol. The number of nitrogens with two attached hydrogens (primary N) is 1. The molecule has 0 aliphatic heterocycles. The highest BCUT2D eigenvalue weighted by molar-refractivity contribution is 5.85. The van der Waals surface area contributed by atoms with E-state index in [1.807, 2.05) is 0 Å². The van der Waals surface area contributed by atoms with Crippen LogP contribution in [-0.2, 0) is 0 Å². The van der Waals surface area contributed by atoms with E-state index in [9.17, 15) is 13.2 Å². The fraction of sp³-hybridized carbons (Fsp3) is 0.400. The van der Waals surface area contributed by atoms with E-state index in [1.165, 1.54) is 12.1 Å². The molecule has 1 aliphatic carbocycles. The summed E-state index contributed by atoms with van der Waals surface area (Å²) in [5, 5.41) is 0. The maximum Gasteiger partial charge on any atom is 0.573 e. The molecule has 90 valence electrons. The van der Waals surface area contributed by atoms with Gasteiger partial charge in [-0.2, -0.15) is 0 Å². The third kappa shape index (κ3) is 3.02. The normalized spacial score (nSPS) is 23.5. The predicted octanol–water partition coefficient (Wildman–Crippen LogP) is 2.82. The van der Waals surface area contributed by atoms with Gasteiger partial charge in [-0.25, -0.2) is 0 Å². The van der Waals surface area contributed by atoms with Gasteiger partial charge in [-0.1, -0.05) is 18.2 Å². The minimum Gasteiger partial charge on any atom is -0.405 e. The number of ether oxygens (including phenoxy) is 1. The van der Waals surface area contributed by atoms with Crippen LogP contribution < -0.4 is 10.5 Å². The maximum atomic E-state index is 12.0. The monoisotopic (exact) mass is 253 g/mol. The summed E-state index contributed by atoms with van der Waals surface area (Å²) in [5.41, 5.74) is 6.14. The number of rotatable bonds is 2. The average Bonchev–Trinajstić information content (AvgIpc) is 2.80. The molecule has 0 heterocycles. The molecule has 0 spiro atoms. The van der Waals surface area contributed by atoms with Crippen LogP contribution in [0, 0.1) is 0 Å². The van der Waals surface area contributed by atoms with Gasteiger partial charge >= 0.3 is 6.36 Å². The number of para-hydroxylation sites is 1. The Labute approximate surface area is 97.0 Å². The van der Waals surface area contributed by atoms with Gasteiger partial charge in [0.05, 0.1) is 0 Å². The lowest BCUT2D eigenvalue weighted by atomic mass is 10.1. The molecule has 2 nitrogen and oxygen atoms in total. The molecular weight excluding hydrogens is 243 g/mol. The van der Waals surface area contributed by atoms with E-state index in [2.05, 4.69) is 4.74 Å². The molecular formula is C10H11ClF3NO. The number of halogens is 4. The lowest BCUT2D eigenvalue weighted by Crippen LogP contribution is -2.18. The van der Waals surface area contributed by atoms with Crippen molar-refractivity contribution in [2.75, 3.05) is 0 Å². The summed E-state index contributed by atoms with van der Waals surface area (Å²) in [6, 6.07) is 6.09. The summed E-state index contributed by atoms with van der Waals surface area (Å²) < 4.78 is 40.1. The Morgan fingerprint density at radius 1 is 1.25 bits per heavy atom. The molecule has 1 aliphatic rings. The van der Waals surface area contributed by atoms with Gasteiger partial charge in [0, 0.05) is 12.0 Å². The largest absolute Gasteiger partial charge is 0.573 e. The summed E-state index contributed by atoms with van der Waals surface area (Å²) in [6.07, 6.45) is -3.92. The summed E-state index contributed by atoms with van der Waals surface area (Å²) in [6.45, 7) is 0. The molecule has 0 unspecified atom stereocenters. The van der Waals surface area contributed by atoms with Crippen LogP contribution in [-0.4, -0.2) is 12.4 Å². The zero-order valence-corrected chi connectivity index (χ0v) is 9.02. The minimum atomic E-state index is -4.64. The molecule has 2 N–H and O–H groups in total. The Balaban J connectivity index is 0.00000128. The van der Waals surface area contributed by atoms with Crippen LogP contribution in [0.25, 0.3) is 0 Å². The van der Waals surface area contributed by atoms with Crippen molar-refractivity contribution in [2.45, 2.75) is 24.7 Å². The first-order valence-electron chi connectivity index (χ1n) is 4.57. The molecule has 6 heteroatoms. The molecule has 2 atom stereocenters. The van der Waals surface area contributed by atoms with Crippen LogP contribution in [0.4, 0.5) is 13.2 Å².